The van der Waals surface area contributed by atoms with E-state index >= 15 is 0 Å². The van der Waals surface area contributed by atoms with Gasteiger partial charge in [0.1, 0.15) is 0 Å². The molecule has 0 saturated heterocycles. The Morgan fingerprint density at radius 1 is 0.750 bits per heavy atom. The molecule has 0 unspecified atom stereocenters. The van der Waals surface area contributed by atoms with Gasteiger partial charge in [0.15, 0.2) is 0 Å². The van der Waals surface area contributed by atoms with E-state index in [0.717, 1.165) is 16.0 Å². The minimum absolute atomic E-state index is 0.524. The Kier molecular flexibility index (Phi) is 3.03. The normalized spacial score (nSPS) is 10.4. The van der Waals surface area contributed by atoms with Crippen molar-refractivity contribution in [2.75, 3.05) is 11.5 Å². The van der Waals surface area contributed by atoms with E-state index in [2.05, 4.69) is 25.3 Å². The summed E-state index contributed by atoms with van der Waals surface area (Å²) in [6, 6.07) is 11.5. The van der Waals surface area contributed by atoms with Crippen molar-refractivity contribution < 1.29 is 0 Å². The third-order valence-electron chi connectivity index (χ3n) is 2.44. The van der Waals surface area contributed by atoms with Crippen LogP contribution in [0.3, 0.4) is 0 Å². The Labute approximate surface area is 105 Å². The lowest BCUT2D eigenvalue weighted by Gasteiger charge is -2.10. The molecule has 16 heavy (non-hydrogen) atoms. The lowest BCUT2D eigenvalue weighted by Crippen LogP contribution is -1.98. The highest BCUT2D eigenvalue weighted by molar-refractivity contribution is 7.80. The van der Waals surface area contributed by atoms with E-state index in [9.17, 15) is 0 Å². The third-order valence-corrected chi connectivity index (χ3v) is 3.13. The molecule has 0 heterocycles. The second-order valence-electron chi connectivity index (χ2n) is 3.51. The van der Waals surface area contributed by atoms with Gasteiger partial charge in [0.05, 0.1) is 11.4 Å². The molecule has 0 aliphatic heterocycles. The van der Waals surface area contributed by atoms with Gasteiger partial charge in [0, 0.05) is 15.4 Å². The van der Waals surface area contributed by atoms with Gasteiger partial charge < -0.3 is 11.5 Å². The van der Waals surface area contributed by atoms with Crippen molar-refractivity contribution in [3.63, 3.8) is 0 Å². The highest BCUT2D eigenvalue weighted by atomic mass is 32.1. The Bertz CT molecular complexity index is 521. The number of thiol groups is 2. The van der Waals surface area contributed by atoms with E-state index in [0.29, 0.717) is 16.3 Å². The highest BCUT2D eigenvalue weighted by Gasteiger charge is 2.07. The van der Waals surface area contributed by atoms with Crippen molar-refractivity contribution in [3.05, 3.63) is 36.4 Å². The fourth-order valence-electron chi connectivity index (χ4n) is 1.52. The molecule has 0 spiro atoms. The van der Waals surface area contributed by atoms with Gasteiger partial charge in [-0.3, -0.25) is 0 Å². The van der Waals surface area contributed by atoms with E-state index in [-0.39, 0.29) is 0 Å². The van der Waals surface area contributed by atoms with Crippen LogP contribution in [0.4, 0.5) is 11.4 Å². The Balaban J connectivity index is 2.57. The third kappa shape index (κ3) is 1.99. The molecule has 2 rings (SSSR count). The van der Waals surface area contributed by atoms with Crippen LogP contribution in [-0.4, -0.2) is 0 Å². The summed E-state index contributed by atoms with van der Waals surface area (Å²) in [5.74, 6) is 0. The first-order valence-electron chi connectivity index (χ1n) is 4.76. The first-order valence-corrected chi connectivity index (χ1v) is 5.65. The van der Waals surface area contributed by atoms with Crippen LogP contribution in [0.5, 0.6) is 0 Å². The molecule has 0 amide bonds. The number of nitrogen functional groups attached to an aromatic ring is 2. The maximum absolute atomic E-state index is 5.96. The summed E-state index contributed by atoms with van der Waals surface area (Å²) in [5, 5.41) is 0. The van der Waals surface area contributed by atoms with Gasteiger partial charge in [0.2, 0.25) is 0 Å². The second-order valence-corrected chi connectivity index (χ2v) is 4.50. The molecular weight excluding hydrogens is 236 g/mol. The molecule has 2 aromatic carbocycles. The van der Waals surface area contributed by atoms with Gasteiger partial charge in [0.25, 0.3) is 0 Å². The minimum Gasteiger partial charge on any atom is -0.397 e. The van der Waals surface area contributed by atoms with E-state index in [1.807, 2.05) is 36.4 Å². The van der Waals surface area contributed by atoms with Crippen molar-refractivity contribution in [2.24, 2.45) is 0 Å². The molecule has 82 valence electrons. The summed E-state index contributed by atoms with van der Waals surface area (Å²) >= 11 is 8.46. The Hall–Kier alpha value is -1.26. The van der Waals surface area contributed by atoms with Gasteiger partial charge in [-0.15, -0.1) is 25.3 Å². The maximum Gasteiger partial charge on any atom is 0.0689 e. The van der Waals surface area contributed by atoms with Crippen LogP contribution >= 0.6 is 25.3 Å². The molecule has 0 aliphatic rings. The molecular formula is C12H12N2S2. The highest BCUT2D eigenvalue weighted by Crippen LogP contribution is 2.34. The summed E-state index contributed by atoms with van der Waals surface area (Å²) in [5.41, 5.74) is 14.8. The zero-order valence-electron chi connectivity index (χ0n) is 8.51. The summed E-state index contributed by atoms with van der Waals surface area (Å²) in [6.07, 6.45) is 0. The summed E-state index contributed by atoms with van der Waals surface area (Å²) in [4.78, 5) is 1.62. The Morgan fingerprint density at radius 2 is 1.38 bits per heavy atom. The fourth-order valence-corrected chi connectivity index (χ4v) is 1.86. The van der Waals surface area contributed by atoms with Crippen molar-refractivity contribution in [2.45, 2.75) is 9.79 Å². The average Bonchev–Trinajstić information content (AvgIpc) is 2.28. The van der Waals surface area contributed by atoms with Crippen LogP contribution in [0.1, 0.15) is 0 Å². The number of anilines is 2. The lowest BCUT2D eigenvalue weighted by atomic mass is 10.0. The summed E-state index contributed by atoms with van der Waals surface area (Å²) in [6.45, 7) is 0. The molecule has 2 nitrogen and oxygen atoms in total. The van der Waals surface area contributed by atoms with Crippen LogP contribution in [0.15, 0.2) is 46.2 Å². The van der Waals surface area contributed by atoms with Crippen molar-refractivity contribution in [1.82, 2.24) is 0 Å². The smallest absolute Gasteiger partial charge is 0.0689 e. The molecule has 0 fully saturated rings. The van der Waals surface area contributed by atoms with Gasteiger partial charge in [-0.2, -0.15) is 0 Å². The quantitative estimate of drug-likeness (QED) is 0.463. The number of nitrogens with two attached hydrogens (primary N) is 2. The Morgan fingerprint density at radius 3 is 2.00 bits per heavy atom. The topological polar surface area (TPSA) is 52.0 Å². The first kappa shape index (κ1) is 11.2. The molecule has 4 heteroatoms. The SMILES string of the molecule is Nc1c(S)ccc(-c2ccc(S)cc2)c1N. The van der Waals surface area contributed by atoms with Gasteiger partial charge in [-0.25, -0.2) is 0 Å². The van der Waals surface area contributed by atoms with Gasteiger partial charge in [-0.05, 0) is 23.8 Å². The average molecular weight is 248 g/mol. The van der Waals surface area contributed by atoms with E-state index in [4.69, 9.17) is 11.5 Å². The van der Waals surface area contributed by atoms with Crippen LogP contribution in [0.25, 0.3) is 11.1 Å². The first-order chi connectivity index (χ1) is 7.59. The number of rotatable bonds is 1. The largest absolute Gasteiger partial charge is 0.397 e. The van der Waals surface area contributed by atoms with Crippen LogP contribution in [0.2, 0.25) is 0 Å². The molecule has 4 N–H and O–H groups in total. The number of hydrogen-bond acceptors (Lipinski definition) is 4. The van der Waals surface area contributed by atoms with Crippen LogP contribution in [0, 0.1) is 0 Å². The van der Waals surface area contributed by atoms with Gasteiger partial charge >= 0.3 is 0 Å². The zero-order chi connectivity index (χ0) is 11.7. The predicted molar refractivity (Wildman–Crippen MR) is 75.2 cm³/mol. The van der Waals surface area contributed by atoms with Crippen LogP contribution in [-0.2, 0) is 0 Å². The molecule has 0 bridgehead atoms. The summed E-state index contributed by atoms with van der Waals surface area (Å²) < 4.78 is 0. The molecule has 0 atom stereocenters. The molecule has 0 aromatic heterocycles. The van der Waals surface area contributed by atoms with Gasteiger partial charge in [-0.1, -0.05) is 18.2 Å². The lowest BCUT2D eigenvalue weighted by molar-refractivity contribution is 1.44. The number of benzene rings is 2. The number of hydrogen-bond donors (Lipinski definition) is 4. The molecule has 2 aromatic rings. The molecule has 0 aliphatic carbocycles. The van der Waals surface area contributed by atoms with E-state index in [1.165, 1.54) is 0 Å². The summed E-state index contributed by atoms with van der Waals surface area (Å²) in [7, 11) is 0. The monoisotopic (exact) mass is 248 g/mol. The second kappa shape index (κ2) is 4.31. The van der Waals surface area contributed by atoms with Crippen molar-refractivity contribution in [1.29, 1.82) is 0 Å². The molecule has 0 radical (unpaired) electrons. The molecule has 0 saturated carbocycles. The predicted octanol–water partition coefficient (Wildman–Crippen LogP) is 3.10. The van der Waals surface area contributed by atoms with Crippen molar-refractivity contribution in [3.8, 4) is 11.1 Å². The van der Waals surface area contributed by atoms with Crippen LogP contribution < -0.4 is 11.5 Å². The van der Waals surface area contributed by atoms with E-state index in [1.54, 1.807) is 0 Å². The van der Waals surface area contributed by atoms with Crippen molar-refractivity contribution >= 4 is 36.6 Å². The zero-order valence-corrected chi connectivity index (χ0v) is 10.3. The van der Waals surface area contributed by atoms with E-state index < -0.39 is 0 Å². The maximum atomic E-state index is 5.96. The fraction of sp³-hybridized carbons (Fsp3) is 0. The standard InChI is InChI=1S/C12H12N2S2/c13-11-9(5-6-10(16)12(11)14)7-1-3-8(15)4-2-7/h1-6,15-16H,13-14H2. The minimum atomic E-state index is 0.524.